The van der Waals surface area contributed by atoms with Gasteiger partial charge in [0.15, 0.2) is 5.78 Å². The fourth-order valence-electron chi connectivity index (χ4n) is 0.874. The van der Waals surface area contributed by atoms with Gasteiger partial charge in [-0.3, -0.25) is 15.1 Å². The lowest BCUT2D eigenvalue weighted by molar-refractivity contribution is -0.117. The lowest BCUT2D eigenvalue weighted by Gasteiger charge is -2.07. The predicted molar refractivity (Wildman–Crippen MR) is 44.7 cm³/mol. The van der Waals surface area contributed by atoms with E-state index in [9.17, 15) is 4.79 Å². The molecule has 1 heterocycles. The van der Waals surface area contributed by atoms with Gasteiger partial charge in [-0.1, -0.05) is 0 Å². The van der Waals surface area contributed by atoms with Crippen molar-refractivity contribution < 1.29 is 4.79 Å². The van der Waals surface area contributed by atoms with Crippen LogP contribution in [0.3, 0.4) is 0 Å². The molecule has 0 saturated carbocycles. The van der Waals surface area contributed by atoms with Crippen LogP contribution in [0, 0.1) is 0 Å². The summed E-state index contributed by atoms with van der Waals surface area (Å²) in [5, 5.41) is 3.06. The third-order valence-electron chi connectivity index (χ3n) is 1.57. The van der Waals surface area contributed by atoms with Crippen LogP contribution in [-0.4, -0.2) is 24.6 Å². The molecule has 0 aromatic heterocycles. The van der Waals surface area contributed by atoms with Crippen LogP contribution in [0.5, 0.6) is 0 Å². The summed E-state index contributed by atoms with van der Waals surface area (Å²) in [5.74, 6) is 0.108. The van der Waals surface area contributed by atoms with Gasteiger partial charge < -0.3 is 0 Å². The average Bonchev–Trinajstić information content (AvgIpc) is 2.13. The van der Waals surface area contributed by atoms with Crippen molar-refractivity contribution in [1.82, 2.24) is 5.32 Å². The van der Waals surface area contributed by atoms with E-state index in [0.29, 0.717) is 0 Å². The molecule has 1 N–H and O–H groups in total. The van der Waals surface area contributed by atoms with Crippen molar-refractivity contribution in [1.29, 1.82) is 0 Å². The minimum atomic E-state index is -0.205. The number of Topliss-reactive ketones (excluding diaryl/α,β-unsaturated/α-hetero) is 1. The van der Waals surface area contributed by atoms with E-state index in [1.54, 1.807) is 19.3 Å². The van der Waals surface area contributed by atoms with Gasteiger partial charge in [0.1, 0.15) is 6.04 Å². The number of carbonyl (C=O) groups excluding carboxylic acids is 1. The normalized spacial score (nSPS) is 24.2. The number of rotatable bonds is 1. The first-order valence-corrected chi connectivity index (χ1v) is 3.63. The first-order chi connectivity index (χ1) is 5.20. The van der Waals surface area contributed by atoms with Gasteiger partial charge >= 0.3 is 0 Å². The van der Waals surface area contributed by atoms with Gasteiger partial charge in [0.2, 0.25) is 0 Å². The summed E-state index contributed by atoms with van der Waals surface area (Å²) in [6.07, 6.45) is 3.41. The summed E-state index contributed by atoms with van der Waals surface area (Å²) in [5.41, 5.74) is 1.14. The Kier molecular flexibility index (Phi) is 2.54. The molecule has 0 spiro atoms. The maximum absolute atomic E-state index is 10.9. The SMILES string of the molecule is CC(=O)C1C=NC=C(C)CN1. The lowest BCUT2D eigenvalue weighted by Crippen LogP contribution is -2.36. The molecule has 1 atom stereocenters. The number of hydrogen-bond donors (Lipinski definition) is 1. The zero-order chi connectivity index (χ0) is 8.27. The quantitative estimate of drug-likeness (QED) is 0.595. The van der Waals surface area contributed by atoms with Gasteiger partial charge in [0.25, 0.3) is 0 Å². The van der Waals surface area contributed by atoms with Gasteiger partial charge in [-0.05, 0) is 19.4 Å². The molecule has 0 radical (unpaired) electrons. The zero-order valence-corrected chi connectivity index (χ0v) is 6.79. The maximum atomic E-state index is 10.9. The molecule has 0 amide bonds. The Morgan fingerprint density at radius 2 is 2.55 bits per heavy atom. The molecule has 3 nitrogen and oxygen atoms in total. The molecule has 3 heteroatoms. The molecule has 1 aliphatic rings. The van der Waals surface area contributed by atoms with Gasteiger partial charge in [-0.25, -0.2) is 0 Å². The van der Waals surface area contributed by atoms with Crippen LogP contribution in [0.2, 0.25) is 0 Å². The number of aliphatic imine (C=N–C) groups is 1. The molecule has 0 fully saturated rings. The lowest BCUT2D eigenvalue weighted by atomic mass is 10.2. The molecular formula is C8H12N2O. The Bertz CT molecular complexity index is 218. The average molecular weight is 152 g/mol. The van der Waals surface area contributed by atoms with Crippen molar-refractivity contribution >= 4 is 12.0 Å². The second kappa shape index (κ2) is 3.44. The smallest absolute Gasteiger partial charge is 0.152 e. The fourth-order valence-corrected chi connectivity index (χ4v) is 0.874. The third-order valence-corrected chi connectivity index (χ3v) is 1.57. The second-order valence-corrected chi connectivity index (χ2v) is 2.74. The number of nitrogens with zero attached hydrogens (tertiary/aromatic N) is 1. The number of nitrogens with one attached hydrogen (secondary N) is 1. The van der Waals surface area contributed by atoms with Crippen LogP contribution in [0.25, 0.3) is 0 Å². The van der Waals surface area contributed by atoms with E-state index >= 15 is 0 Å². The largest absolute Gasteiger partial charge is 0.299 e. The van der Waals surface area contributed by atoms with Crippen LogP contribution in [0.4, 0.5) is 0 Å². The van der Waals surface area contributed by atoms with E-state index in [1.807, 2.05) is 6.92 Å². The maximum Gasteiger partial charge on any atom is 0.152 e. The summed E-state index contributed by atoms with van der Waals surface area (Å²) in [7, 11) is 0. The minimum absolute atomic E-state index is 0.108. The Labute approximate surface area is 66.2 Å². The van der Waals surface area contributed by atoms with Crippen molar-refractivity contribution in [3.63, 3.8) is 0 Å². The standard InChI is InChI=1S/C8H12N2O/c1-6-3-9-5-8(7(2)11)10-4-6/h3,5,8,10H,4H2,1-2H3. The molecule has 0 aliphatic carbocycles. The summed E-state index contributed by atoms with van der Waals surface area (Å²) in [4.78, 5) is 14.9. The van der Waals surface area contributed by atoms with Crippen molar-refractivity contribution in [3.8, 4) is 0 Å². The Morgan fingerprint density at radius 1 is 1.82 bits per heavy atom. The molecule has 0 bridgehead atoms. The fraction of sp³-hybridized carbons (Fsp3) is 0.500. The molecule has 1 aliphatic heterocycles. The van der Waals surface area contributed by atoms with E-state index in [4.69, 9.17) is 0 Å². The van der Waals surface area contributed by atoms with Crippen LogP contribution in [-0.2, 0) is 4.79 Å². The highest BCUT2D eigenvalue weighted by molar-refractivity contribution is 5.97. The number of carbonyl (C=O) groups is 1. The molecule has 1 unspecified atom stereocenters. The summed E-state index contributed by atoms with van der Waals surface area (Å²) < 4.78 is 0. The van der Waals surface area contributed by atoms with Crippen LogP contribution in [0.15, 0.2) is 16.8 Å². The summed E-state index contributed by atoms with van der Waals surface area (Å²) >= 11 is 0. The predicted octanol–water partition coefficient (Wildman–Crippen LogP) is 0.522. The zero-order valence-electron chi connectivity index (χ0n) is 6.79. The van der Waals surface area contributed by atoms with Crippen LogP contribution < -0.4 is 5.32 Å². The highest BCUT2D eigenvalue weighted by atomic mass is 16.1. The van der Waals surface area contributed by atoms with Crippen LogP contribution in [0.1, 0.15) is 13.8 Å². The Morgan fingerprint density at radius 3 is 3.18 bits per heavy atom. The molecule has 0 aromatic carbocycles. The van der Waals surface area contributed by atoms with Gasteiger partial charge in [-0.2, -0.15) is 0 Å². The molecule has 11 heavy (non-hydrogen) atoms. The van der Waals surface area contributed by atoms with Crippen molar-refractivity contribution in [2.75, 3.05) is 6.54 Å². The summed E-state index contributed by atoms with van der Waals surface area (Å²) in [6.45, 7) is 4.28. The Hall–Kier alpha value is -0.960. The first-order valence-electron chi connectivity index (χ1n) is 3.63. The van der Waals surface area contributed by atoms with E-state index in [1.165, 1.54) is 0 Å². The van der Waals surface area contributed by atoms with E-state index < -0.39 is 0 Å². The topological polar surface area (TPSA) is 41.5 Å². The molecular weight excluding hydrogens is 140 g/mol. The van der Waals surface area contributed by atoms with E-state index in [-0.39, 0.29) is 11.8 Å². The van der Waals surface area contributed by atoms with Crippen molar-refractivity contribution in [3.05, 3.63) is 11.8 Å². The van der Waals surface area contributed by atoms with Crippen molar-refractivity contribution in [2.45, 2.75) is 19.9 Å². The molecule has 0 aromatic rings. The molecule has 60 valence electrons. The number of hydrogen-bond acceptors (Lipinski definition) is 3. The van der Waals surface area contributed by atoms with Gasteiger partial charge in [-0.15, -0.1) is 0 Å². The van der Waals surface area contributed by atoms with Crippen LogP contribution >= 0.6 is 0 Å². The Balaban J connectivity index is 2.61. The minimum Gasteiger partial charge on any atom is -0.299 e. The summed E-state index contributed by atoms with van der Waals surface area (Å²) in [6, 6.07) is -0.205. The van der Waals surface area contributed by atoms with E-state index in [2.05, 4.69) is 10.3 Å². The number of ketones is 1. The first kappa shape index (κ1) is 8.14. The molecule has 1 rings (SSSR count). The molecule has 0 saturated heterocycles. The van der Waals surface area contributed by atoms with Gasteiger partial charge in [0, 0.05) is 19.0 Å². The highest BCUT2D eigenvalue weighted by Gasteiger charge is 2.11. The monoisotopic (exact) mass is 152 g/mol. The second-order valence-electron chi connectivity index (χ2n) is 2.74. The van der Waals surface area contributed by atoms with Crippen molar-refractivity contribution in [2.24, 2.45) is 4.99 Å². The van der Waals surface area contributed by atoms with E-state index in [0.717, 1.165) is 12.1 Å². The van der Waals surface area contributed by atoms with Gasteiger partial charge in [0.05, 0.1) is 0 Å². The highest BCUT2D eigenvalue weighted by Crippen LogP contribution is 1.96. The third kappa shape index (κ3) is 2.27.